The standard InChI is InChI=1S/C10H15BrN2/c1-13(7-3-6-12)10-5-2-4-9(11)8-10/h2,4-5,8H,3,6-7,12H2,1H3. The van der Waals surface area contributed by atoms with Crippen molar-refractivity contribution in [3.63, 3.8) is 0 Å². The molecule has 72 valence electrons. The van der Waals surface area contributed by atoms with Gasteiger partial charge in [0.15, 0.2) is 0 Å². The highest BCUT2D eigenvalue weighted by atomic mass is 79.9. The molecule has 2 nitrogen and oxygen atoms in total. The molecule has 0 spiro atoms. The first kappa shape index (κ1) is 10.5. The molecule has 0 radical (unpaired) electrons. The highest BCUT2D eigenvalue weighted by Gasteiger charge is 1.99. The zero-order valence-electron chi connectivity index (χ0n) is 7.83. The van der Waals surface area contributed by atoms with E-state index in [9.17, 15) is 0 Å². The van der Waals surface area contributed by atoms with Gasteiger partial charge in [0, 0.05) is 23.8 Å². The van der Waals surface area contributed by atoms with E-state index in [1.54, 1.807) is 0 Å². The van der Waals surface area contributed by atoms with Crippen LogP contribution in [0.5, 0.6) is 0 Å². The molecule has 1 aromatic carbocycles. The van der Waals surface area contributed by atoms with Crippen molar-refractivity contribution in [1.82, 2.24) is 0 Å². The van der Waals surface area contributed by atoms with Crippen LogP contribution < -0.4 is 10.6 Å². The molecule has 3 heteroatoms. The largest absolute Gasteiger partial charge is 0.375 e. The number of nitrogens with zero attached hydrogens (tertiary/aromatic N) is 1. The van der Waals surface area contributed by atoms with Crippen molar-refractivity contribution in [3.8, 4) is 0 Å². The van der Waals surface area contributed by atoms with Gasteiger partial charge in [-0.25, -0.2) is 0 Å². The number of rotatable bonds is 4. The predicted octanol–water partition coefficient (Wildman–Crippen LogP) is 2.23. The van der Waals surface area contributed by atoms with Crippen LogP contribution in [0.4, 0.5) is 5.69 Å². The van der Waals surface area contributed by atoms with Crippen LogP contribution in [0.3, 0.4) is 0 Å². The topological polar surface area (TPSA) is 29.3 Å². The molecular weight excluding hydrogens is 228 g/mol. The number of anilines is 1. The zero-order valence-corrected chi connectivity index (χ0v) is 9.42. The van der Waals surface area contributed by atoms with Gasteiger partial charge in [-0.05, 0) is 31.2 Å². The van der Waals surface area contributed by atoms with Gasteiger partial charge in [0.25, 0.3) is 0 Å². The Balaban J connectivity index is 2.60. The monoisotopic (exact) mass is 242 g/mol. The lowest BCUT2D eigenvalue weighted by molar-refractivity contribution is 0.795. The molecule has 2 N–H and O–H groups in total. The van der Waals surface area contributed by atoms with Crippen molar-refractivity contribution in [2.45, 2.75) is 6.42 Å². The lowest BCUT2D eigenvalue weighted by atomic mass is 10.3. The number of hydrogen-bond acceptors (Lipinski definition) is 2. The molecule has 0 bridgehead atoms. The van der Waals surface area contributed by atoms with E-state index in [0.717, 1.165) is 24.0 Å². The Bertz CT molecular complexity index is 263. The van der Waals surface area contributed by atoms with Crippen LogP contribution >= 0.6 is 15.9 Å². The molecule has 0 aliphatic rings. The summed E-state index contributed by atoms with van der Waals surface area (Å²) in [6.45, 7) is 1.76. The molecular formula is C10H15BrN2. The maximum Gasteiger partial charge on any atom is 0.0374 e. The molecule has 0 unspecified atom stereocenters. The van der Waals surface area contributed by atoms with E-state index >= 15 is 0 Å². The van der Waals surface area contributed by atoms with Gasteiger partial charge in [-0.15, -0.1) is 0 Å². The summed E-state index contributed by atoms with van der Waals surface area (Å²) in [5.74, 6) is 0. The van der Waals surface area contributed by atoms with E-state index in [4.69, 9.17) is 5.73 Å². The first-order chi connectivity index (χ1) is 6.24. The first-order valence-corrected chi connectivity index (χ1v) is 5.20. The van der Waals surface area contributed by atoms with Crippen LogP contribution in [0, 0.1) is 0 Å². The Morgan fingerprint density at radius 2 is 2.23 bits per heavy atom. The summed E-state index contributed by atoms with van der Waals surface area (Å²) in [6, 6.07) is 8.27. The minimum Gasteiger partial charge on any atom is -0.375 e. The first-order valence-electron chi connectivity index (χ1n) is 4.41. The van der Waals surface area contributed by atoms with Gasteiger partial charge in [0.1, 0.15) is 0 Å². The summed E-state index contributed by atoms with van der Waals surface area (Å²) < 4.78 is 1.12. The van der Waals surface area contributed by atoms with Gasteiger partial charge in [0.2, 0.25) is 0 Å². The average Bonchev–Trinajstić information content (AvgIpc) is 2.14. The lowest BCUT2D eigenvalue weighted by Gasteiger charge is -2.18. The highest BCUT2D eigenvalue weighted by Crippen LogP contribution is 2.18. The maximum atomic E-state index is 5.45. The SMILES string of the molecule is CN(CCCN)c1cccc(Br)c1. The third kappa shape index (κ3) is 3.36. The Morgan fingerprint density at radius 3 is 2.85 bits per heavy atom. The van der Waals surface area contributed by atoms with Crippen LogP contribution in [0.25, 0.3) is 0 Å². The summed E-state index contributed by atoms with van der Waals surface area (Å²) in [7, 11) is 2.08. The van der Waals surface area contributed by atoms with Gasteiger partial charge in [-0.1, -0.05) is 22.0 Å². The maximum absolute atomic E-state index is 5.45. The molecule has 0 heterocycles. The highest BCUT2D eigenvalue weighted by molar-refractivity contribution is 9.10. The number of halogens is 1. The van der Waals surface area contributed by atoms with Gasteiger partial charge >= 0.3 is 0 Å². The Hall–Kier alpha value is -0.540. The third-order valence-electron chi connectivity index (χ3n) is 1.95. The molecule has 1 aromatic rings. The van der Waals surface area contributed by atoms with E-state index in [-0.39, 0.29) is 0 Å². The van der Waals surface area contributed by atoms with Gasteiger partial charge in [-0.3, -0.25) is 0 Å². The molecule has 0 saturated heterocycles. The second kappa shape index (κ2) is 5.25. The summed E-state index contributed by atoms with van der Waals surface area (Å²) in [5, 5.41) is 0. The minimum absolute atomic E-state index is 0.748. The van der Waals surface area contributed by atoms with Gasteiger partial charge in [0.05, 0.1) is 0 Å². The minimum atomic E-state index is 0.748. The second-order valence-corrected chi connectivity index (χ2v) is 3.96. The molecule has 0 saturated carbocycles. The van der Waals surface area contributed by atoms with Crippen molar-refractivity contribution in [3.05, 3.63) is 28.7 Å². The van der Waals surface area contributed by atoms with Crippen molar-refractivity contribution in [1.29, 1.82) is 0 Å². The zero-order chi connectivity index (χ0) is 9.68. The molecule has 0 fully saturated rings. The average molecular weight is 243 g/mol. The van der Waals surface area contributed by atoms with E-state index in [2.05, 4.69) is 40.0 Å². The van der Waals surface area contributed by atoms with Crippen LogP contribution in [0.15, 0.2) is 28.7 Å². The molecule has 1 rings (SSSR count). The number of benzene rings is 1. The van der Waals surface area contributed by atoms with Crippen molar-refractivity contribution >= 4 is 21.6 Å². The van der Waals surface area contributed by atoms with Gasteiger partial charge in [-0.2, -0.15) is 0 Å². The van der Waals surface area contributed by atoms with Gasteiger partial charge < -0.3 is 10.6 Å². The molecule has 0 atom stereocenters. The normalized spacial score (nSPS) is 10.1. The van der Waals surface area contributed by atoms with Crippen molar-refractivity contribution < 1.29 is 0 Å². The van der Waals surface area contributed by atoms with Crippen LogP contribution in [0.1, 0.15) is 6.42 Å². The molecule has 0 aliphatic carbocycles. The fraction of sp³-hybridized carbons (Fsp3) is 0.400. The summed E-state index contributed by atoms with van der Waals surface area (Å²) >= 11 is 3.45. The van der Waals surface area contributed by atoms with E-state index in [1.807, 2.05) is 12.1 Å². The number of nitrogens with two attached hydrogens (primary N) is 1. The summed E-state index contributed by atoms with van der Waals surface area (Å²) in [5.41, 5.74) is 6.67. The lowest BCUT2D eigenvalue weighted by Crippen LogP contribution is -2.20. The smallest absolute Gasteiger partial charge is 0.0374 e. The Kier molecular flexibility index (Phi) is 4.25. The van der Waals surface area contributed by atoms with Crippen molar-refractivity contribution in [2.24, 2.45) is 5.73 Å². The molecule has 13 heavy (non-hydrogen) atoms. The second-order valence-electron chi connectivity index (χ2n) is 3.04. The predicted molar refractivity (Wildman–Crippen MR) is 61.1 cm³/mol. The summed E-state index contributed by atoms with van der Waals surface area (Å²) in [6.07, 6.45) is 1.03. The quantitative estimate of drug-likeness (QED) is 0.878. The molecule has 0 aliphatic heterocycles. The third-order valence-corrected chi connectivity index (χ3v) is 2.44. The molecule has 0 amide bonds. The van der Waals surface area contributed by atoms with E-state index in [1.165, 1.54) is 5.69 Å². The van der Waals surface area contributed by atoms with Crippen LogP contribution in [-0.4, -0.2) is 20.1 Å². The van der Waals surface area contributed by atoms with Crippen LogP contribution in [-0.2, 0) is 0 Å². The van der Waals surface area contributed by atoms with E-state index in [0.29, 0.717) is 0 Å². The fourth-order valence-corrected chi connectivity index (χ4v) is 1.56. The molecule has 0 aromatic heterocycles. The van der Waals surface area contributed by atoms with Crippen LogP contribution in [0.2, 0.25) is 0 Å². The fourth-order valence-electron chi connectivity index (χ4n) is 1.17. The summed E-state index contributed by atoms with van der Waals surface area (Å²) in [4.78, 5) is 2.21. The van der Waals surface area contributed by atoms with Crippen molar-refractivity contribution in [2.75, 3.05) is 25.0 Å². The number of hydrogen-bond donors (Lipinski definition) is 1. The Labute approximate surface area is 87.9 Å². The van der Waals surface area contributed by atoms with E-state index < -0.39 is 0 Å². The Morgan fingerprint density at radius 1 is 1.46 bits per heavy atom.